The van der Waals surface area contributed by atoms with Crippen LogP contribution in [-0.4, -0.2) is 26.9 Å². The Morgan fingerprint density at radius 1 is 1.28 bits per heavy atom. The SMILES string of the molecule is CCC(C)(C)NC(=O)[C@H](c1cccs1)N(C(=O)c1csnn1)c1cccc(F)c1. The maximum absolute atomic E-state index is 14.0. The van der Waals surface area contributed by atoms with Gasteiger partial charge >= 0.3 is 0 Å². The minimum atomic E-state index is -0.975. The van der Waals surface area contributed by atoms with Crippen LogP contribution in [-0.2, 0) is 4.79 Å². The van der Waals surface area contributed by atoms with Crippen LogP contribution in [0.2, 0.25) is 0 Å². The van der Waals surface area contributed by atoms with E-state index in [1.54, 1.807) is 12.1 Å². The summed E-state index contributed by atoms with van der Waals surface area (Å²) in [7, 11) is 0. The summed E-state index contributed by atoms with van der Waals surface area (Å²) in [4.78, 5) is 28.6. The summed E-state index contributed by atoms with van der Waals surface area (Å²) in [6.07, 6.45) is 0.708. The van der Waals surface area contributed by atoms with E-state index in [2.05, 4.69) is 14.9 Å². The molecule has 2 heterocycles. The van der Waals surface area contributed by atoms with Gasteiger partial charge in [-0.3, -0.25) is 14.5 Å². The van der Waals surface area contributed by atoms with E-state index in [-0.39, 0.29) is 17.3 Å². The first-order valence-electron chi connectivity index (χ1n) is 9.04. The minimum Gasteiger partial charge on any atom is -0.349 e. The van der Waals surface area contributed by atoms with Gasteiger partial charge in [0.15, 0.2) is 11.7 Å². The van der Waals surface area contributed by atoms with Crippen LogP contribution in [0.25, 0.3) is 0 Å². The van der Waals surface area contributed by atoms with Crippen LogP contribution in [0, 0.1) is 5.82 Å². The molecule has 2 aromatic heterocycles. The molecule has 29 heavy (non-hydrogen) atoms. The molecule has 0 aliphatic heterocycles. The lowest BCUT2D eigenvalue weighted by molar-refractivity contribution is -0.124. The molecule has 0 fully saturated rings. The predicted octanol–water partition coefficient (Wildman–Crippen LogP) is 4.43. The molecule has 3 rings (SSSR count). The van der Waals surface area contributed by atoms with Gasteiger partial charge in [-0.15, -0.1) is 16.4 Å². The second-order valence-electron chi connectivity index (χ2n) is 7.09. The van der Waals surface area contributed by atoms with Crippen molar-refractivity contribution in [3.63, 3.8) is 0 Å². The van der Waals surface area contributed by atoms with Crippen LogP contribution >= 0.6 is 22.9 Å². The van der Waals surface area contributed by atoms with E-state index in [9.17, 15) is 14.0 Å². The Hall–Kier alpha value is -2.65. The van der Waals surface area contributed by atoms with Crippen LogP contribution in [0.3, 0.4) is 0 Å². The van der Waals surface area contributed by atoms with Gasteiger partial charge in [0.05, 0.1) is 0 Å². The van der Waals surface area contributed by atoms with Crippen LogP contribution < -0.4 is 10.2 Å². The molecule has 0 aliphatic rings. The lowest BCUT2D eigenvalue weighted by Gasteiger charge is -2.33. The Morgan fingerprint density at radius 3 is 2.66 bits per heavy atom. The molecule has 1 N–H and O–H groups in total. The Kier molecular flexibility index (Phi) is 6.39. The number of aromatic nitrogens is 2. The standard InChI is InChI=1S/C20H21FN4O2S2/c1-4-20(2,3)22-18(26)17(16-9-6-10-28-16)25(14-8-5-7-13(21)11-14)19(27)15-12-29-24-23-15/h5-12,17H,4H2,1-3H3,(H,22,26)/t17-/m0/s1. The number of anilines is 1. The zero-order valence-corrected chi connectivity index (χ0v) is 17.9. The van der Waals surface area contributed by atoms with Crippen molar-refractivity contribution in [1.82, 2.24) is 14.9 Å². The number of halogens is 1. The molecule has 0 aliphatic carbocycles. The number of hydrogen-bond acceptors (Lipinski definition) is 6. The number of hydrogen-bond donors (Lipinski definition) is 1. The molecule has 0 unspecified atom stereocenters. The fourth-order valence-corrected chi connectivity index (χ4v) is 3.94. The molecule has 1 atom stereocenters. The molecule has 152 valence electrons. The van der Waals surface area contributed by atoms with E-state index < -0.39 is 23.3 Å². The van der Waals surface area contributed by atoms with E-state index in [1.165, 1.54) is 39.8 Å². The van der Waals surface area contributed by atoms with Crippen molar-refractivity contribution in [1.29, 1.82) is 0 Å². The van der Waals surface area contributed by atoms with E-state index >= 15 is 0 Å². The Bertz CT molecular complexity index is 974. The Morgan fingerprint density at radius 2 is 2.07 bits per heavy atom. The first-order chi connectivity index (χ1) is 13.8. The molecular formula is C20H21FN4O2S2. The normalized spacial score (nSPS) is 12.4. The van der Waals surface area contributed by atoms with Crippen LogP contribution in [0.15, 0.2) is 47.2 Å². The summed E-state index contributed by atoms with van der Waals surface area (Å²) in [6, 6.07) is 8.24. The zero-order chi connectivity index (χ0) is 21.0. The summed E-state index contributed by atoms with van der Waals surface area (Å²) in [5.41, 5.74) is -0.0972. The fourth-order valence-electron chi connectivity index (χ4n) is 2.70. The smallest absolute Gasteiger partial charge is 0.280 e. The van der Waals surface area contributed by atoms with Crippen molar-refractivity contribution in [2.45, 2.75) is 38.8 Å². The summed E-state index contributed by atoms with van der Waals surface area (Å²) in [5, 5.41) is 10.2. The van der Waals surface area contributed by atoms with Gasteiger partial charge < -0.3 is 5.32 Å². The van der Waals surface area contributed by atoms with E-state index in [0.29, 0.717) is 11.3 Å². The number of carbonyl (C=O) groups is 2. The van der Waals surface area contributed by atoms with E-state index in [4.69, 9.17) is 0 Å². The Balaban J connectivity index is 2.12. The van der Waals surface area contributed by atoms with Crippen molar-refractivity contribution >= 4 is 40.4 Å². The van der Waals surface area contributed by atoms with Crippen molar-refractivity contribution in [2.24, 2.45) is 0 Å². The predicted molar refractivity (Wildman–Crippen MR) is 113 cm³/mol. The number of nitrogens with zero attached hydrogens (tertiary/aromatic N) is 3. The van der Waals surface area contributed by atoms with Crippen LogP contribution in [0.5, 0.6) is 0 Å². The molecule has 6 nitrogen and oxygen atoms in total. The Labute approximate surface area is 176 Å². The van der Waals surface area contributed by atoms with Crippen molar-refractivity contribution in [3.8, 4) is 0 Å². The van der Waals surface area contributed by atoms with Gasteiger partial charge in [-0.25, -0.2) is 4.39 Å². The molecule has 0 saturated carbocycles. The number of carbonyl (C=O) groups excluding carboxylic acids is 2. The van der Waals surface area contributed by atoms with Crippen LogP contribution in [0.4, 0.5) is 10.1 Å². The van der Waals surface area contributed by atoms with Crippen molar-refractivity contribution < 1.29 is 14.0 Å². The van der Waals surface area contributed by atoms with Gasteiger partial charge in [-0.1, -0.05) is 23.5 Å². The summed E-state index contributed by atoms with van der Waals surface area (Å²) in [6.45, 7) is 5.79. The molecule has 0 radical (unpaired) electrons. The lowest BCUT2D eigenvalue weighted by atomic mass is 10.0. The monoisotopic (exact) mass is 432 g/mol. The molecule has 0 saturated heterocycles. The van der Waals surface area contributed by atoms with Gasteiger partial charge in [-0.2, -0.15) is 0 Å². The third kappa shape index (κ3) is 4.86. The topological polar surface area (TPSA) is 75.2 Å². The third-order valence-electron chi connectivity index (χ3n) is 4.55. The van der Waals surface area contributed by atoms with Gasteiger partial charge in [0.25, 0.3) is 5.91 Å². The minimum absolute atomic E-state index is 0.100. The summed E-state index contributed by atoms with van der Waals surface area (Å²) >= 11 is 2.39. The number of thiophene rings is 1. The molecule has 2 amide bonds. The molecule has 9 heteroatoms. The second-order valence-corrected chi connectivity index (χ2v) is 8.68. The summed E-state index contributed by atoms with van der Waals surface area (Å²) < 4.78 is 17.8. The molecule has 0 bridgehead atoms. The molecule has 3 aromatic rings. The second kappa shape index (κ2) is 8.79. The molecule has 0 spiro atoms. The van der Waals surface area contributed by atoms with Crippen molar-refractivity contribution in [3.05, 3.63) is 63.5 Å². The van der Waals surface area contributed by atoms with Gasteiger partial charge in [0.1, 0.15) is 5.82 Å². The zero-order valence-electron chi connectivity index (χ0n) is 16.3. The number of nitrogens with one attached hydrogen (secondary N) is 1. The number of rotatable bonds is 7. The van der Waals surface area contributed by atoms with Gasteiger partial charge in [-0.05, 0) is 61.4 Å². The van der Waals surface area contributed by atoms with Crippen LogP contribution in [0.1, 0.15) is 48.6 Å². The van der Waals surface area contributed by atoms with Gasteiger partial charge in [0, 0.05) is 21.5 Å². The quantitative estimate of drug-likeness (QED) is 0.599. The average Bonchev–Trinajstić information content (AvgIpc) is 3.39. The lowest BCUT2D eigenvalue weighted by Crippen LogP contribution is -2.50. The maximum Gasteiger partial charge on any atom is 0.280 e. The largest absolute Gasteiger partial charge is 0.349 e. The highest BCUT2D eigenvalue weighted by Gasteiger charge is 2.37. The molecule has 1 aromatic carbocycles. The summed E-state index contributed by atoms with van der Waals surface area (Å²) in [5.74, 6) is -1.37. The van der Waals surface area contributed by atoms with Crippen molar-refractivity contribution in [2.75, 3.05) is 4.90 Å². The number of benzene rings is 1. The highest BCUT2D eigenvalue weighted by atomic mass is 32.1. The highest BCUT2D eigenvalue weighted by molar-refractivity contribution is 7.10. The van der Waals surface area contributed by atoms with E-state index in [1.807, 2.05) is 32.2 Å². The first-order valence-corrected chi connectivity index (χ1v) is 10.8. The number of amides is 2. The van der Waals surface area contributed by atoms with E-state index in [0.717, 1.165) is 11.5 Å². The molecular weight excluding hydrogens is 411 g/mol. The first kappa shape index (κ1) is 21.1. The fraction of sp³-hybridized carbons (Fsp3) is 0.300. The highest BCUT2D eigenvalue weighted by Crippen LogP contribution is 2.33. The third-order valence-corrected chi connectivity index (χ3v) is 5.98. The maximum atomic E-state index is 14.0. The average molecular weight is 433 g/mol. The van der Waals surface area contributed by atoms with Gasteiger partial charge in [0.2, 0.25) is 5.91 Å².